The normalized spacial score (nSPS) is 11.5. The standard InChI is InChI=1S/C16H14N2O3S2/c1-11-6-5-9-13-15(11)18-16(22-13)17-14(19)10-23(20,21)12-7-3-2-4-8-12/h2-9H,10H2,1H3,(H,17,18,19). The maximum Gasteiger partial charge on any atom is 0.241 e. The van der Waals surface area contributed by atoms with Crippen molar-refractivity contribution >= 4 is 42.4 Å². The highest BCUT2D eigenvalue weighted by molar-refractivity contribution is 7.92. The molecule has 0 atom stereocenters. The number of para-hydroxylation sites is 1. The van der Waals surface area contributed by atoms with Crippen LogP contribution in [0, 0.1) is 6.92 Å². The van der Waals surface area contributed by atoms with Crippen LogP contribution in [0.2, 0.25) is 0 Å². The van der Waals surface area contributed by atoms with E-state index in [2.05, 4.69) is 10.3 Å². The molecular weight excluding hydrogens is 332 g/mol. The SMILES string of the molecule is Cc1cccc2sc(NC(=O)CS(=O)(=O)c3ccccc3)nc12. The van der Waals surface area contributed by atoms with E-state index in [-0.39, 0.29) is 4.90 Å². The summed E-state index contributed by atoms with van der Waals surface area (Å²) in [4.78, 5) is 16.5. The highest BCUT2D eigenvalue weighted by Gasteiger charge is 2.20. The molecule has 0 aliphatic rings. The van der Waals surface area contributed by atoms with Crippen molar-refractivity contribution in [2.24, 2.45) is 0 Å². The van der Waals surface area contributed by atoms with Gasteiger partial charge in [-0.15, -0.1) is 0 Å². The average molecular weight is 346 g/mol. The van der Waals surface area contributed by atoms with E-state index >= 15 is 0 Å². The average Bonchev–Trinajstić information content (AvgIpc) is 2.91. The fraction of sp³-hybridized carbons (Fsp3) is 0.125. The number of aromatic nitrogens is 1. The molecule has 0 fully saturated rings. The zero-order valence-electron chi connectivity index (χ0n) is 12.3. The molecule has 3 aromatic rings. The number of nitrogens with zero attached hydrogens (tertiary/aromatic N) is 1. The third kappa shape index (κ3) is 3.40. The lowest BCUT2D eigenvalue weighted by atomic mass is 10.2. The predicted molar refractivity (Wildman–Crippen MR) is 91.5 cm³/mol. The van der Waals surface area contributed by atoms with Crippen LogP contribution >= 0.6 is 11.3 Å². The number of thiazole rings is 1. The highest BCUT2D eigenvalue weighted by Crippen LogP contribution is 2.27. The van der Waals surface area contributed by atoms with Crippen molar-refractivity contribution in [3.63, 3.8) is 0 Å². The number of hydrogen-bond acceptors (Lipinski definition) is 5. The van der Waals surface area contributed by atoms with E-state index in [1.54, 1.807) is 18.2 Å². The minimum atomic E-state index is -3.65. The van der Waals surface area contributed by atoms with E-state index in [4.69, 9.17) is 0 Å². The molecule has 1 N–H and O–H groups in total. The number of aryl methyl sites for hydroxylation is 1. The summed E-state index contributed by atoms with van der Waals surface area (Å²) in [6.45, 7) is 1.94. The van der Waals surface area contributed by atoms with Gasteiger partial charge in [0.2, 0.25) is 5.91 Å². The number of carbonyl (C=O) groups is 1. The third-order valence-electron chi connectivity index (χ3n) is 3.29. The van der Waals surface area contributed by atoms with Crippen LogP contribution in [0.25, 0.3) is 10.2 Å². The molecule has 118 valence electrons. The van der Waals surface area contributed by atoms with E-state index in [0.717, 1.165) is 15.8 Å². The molecule has 2 aromatic carbocycles. The molecule has 0 unspecified atom stereocenters. The van der Waals surface area contributed by atoms with Gasteiger partial charge in [0.05, 0.1) is 15.1 Å². The Bertz CT molecular complexity index is 963. The van der Waals surface area contributed by atoms with Gasteiger partial charge in [-0.25, -0.2) is 13.4 Å². The Morgan fingerprint density at radius 2 is 1.87 bits per heavy atom. The number of rotatable bonds is 4. The van der Waals surface area contributed by atoms with E-state index < -0.39 is 21.5 Å². The number of fused-ring (bicyclic) bond motifs is 1. The van der Waals surface area contributed by atoms with Crippen LogP contribution in [-0.4, -0.2) is 25.1 Å². The predicted octanol–water partition coefficient (Wildman–Crippen LogP) is 3.02. The summed E-state index contributed by atoms with van der Waals surface area (Å²) in [5.74, 6) is -1.20. The Morgan fingerprint density at radius 1 is 1.13 bits per heavy atom. The fourth-order valence-electron chi connectivity index (χ4n) is 2.18. The molecule has 0 spiro atoms. The summed E-state index contributed by atoms with van der Waals surface area (Å²) in [6.07, 6.45) is 0. The quantitative estimate of drug-likeness (QED) is 0.788. The van der Waals surface area contributed by atoms with Crippen molar-refractivity contribution < 1.29 is 13.2 Å². The van der Waals surface area contributed by atoms with Gasteiger partial charge in [0.15, 0.2) is 15.0 Å². The van der Waals surface area contributed by atoms with E-state index in [9.17, 15) is 13.2 Å². The van der Waals surface area contributed by atoms with Gasteiger partial charge in [-0.05, 0) is 30.7 Å². The van der Waals surface area contributed by atoms with E-state index in [1.165, 1.54) is 23.5 Å². The molecule has 1 aromatic heterocycles. The topological polar surface area (TPSA) is 76.1 Å². The molecule has 1 heterocycles. The first-order valence-corrected chi connectivity index (χ1v) is 9.36. The summed E-state index contributed by atoms with van der Waals surface area (Å²) >= 11 is 1.32. The Morgan fingerprint density at radius 3 is 2.57 bits per heavy atom. The molecule has 0 aliphatic heterocycles. The molecule has 5 nitrogen and oxygen atoms in total. The molecule has 3 rings (SSSR count). The minimum absolute atomic E-state index is 0.135. The van der Waals surface area contributed by atoms with Crippen LogP contribution in [-0.2, 0) is 14.6 Å². The van der Waals surface area contributed by atoms with Crippen molar-refractivity contribution in [3.8, 4) is 0 Å². The summed E-state index contributed by atoms with van der Waals surface area (Å²) < 4.78 is 25.3. The number of amides is 1. The number of sulfone groups is 1. The maximum atomic E-state index is 12.2. The zero-order valence-corrected chi connectivity index (χ0v) is 13.9. The molecule has 23 heavy (non-hydrogen) atoms. The lowest BCUT2D eigenvalue weighted by Gasteiger charge is -2.04. The second kappa shape index (κ2) is 6.10. The molecule has 0 saturated heterocycles. The lowest BCUT2D eigenvalue weighted by Crippen LogP contribution is -2.22. The minimum Gasteiger partial charge on any atom is -0.301 e. The smallest absolute Gasteiger partial charge is 0.241 e. The van der Waals surface area contributed by atoms with Crippen molar-refractivity contribution in [2.75, 3.05) is 11.1 Å². The van der Waals surface area contributed by atoms with Gasteiger partial charge in [0, 0.05) is 0 Å². The molecule has 0 aliphatic carbocycles. The Hall–Kier alpha value is -2.25. The van der Waals surface area contributed by atoms with Gasteiger partial charge < -0.3 is 5.32 Å². The molecule has 7 heteroatoms. The largest absolute Gasteiger partial charge is 0.301 e. The maximum absolute atomic E-state index is 12.2. The summed E-state index contributed by atoms with van der Waals surface area (Å²) in [5.41, 5.74) is 1.83. The molecule has 0 saturated carbocycles. The molecule has 0 bridgehead atoms. The van der Waals surface area contributed by atoms with E-state index in [1.807, 2.05) is 25.1 Å². The van der Waals surface area contributed by atoms with Crippen LogP contribution in [0.3, 0.4) is 0 Å². The molecule has 1 amide bonds. The van der Waals surface area contributed by atoms with Gasteiger partial charge in [-0.3, -0.25) is 4.79 Å². The second-order valence-corrected chi connectivity index (χ2v) is 8.08. The Labute approximate surface area is 137 Å². The zero-order chi connectivity index (χ0) is 16.4. The van der Waals surface area contributed by atoms with Crippen molar-refractivity contribution in [2.45, 2.75) is 11.8 Å². The summed E-state index contributed by atoms with van der Waals surface area (Å²) in [7, 11) is -3.65. The third-order valence-corrected chi connectivity index (χ3v) is 5.86. The van der Waals surface area contributed by atoms with Crippen LogP contribution in [0.4, 0.5) is 5.13 Å². The van der Waals surface area contributed by atoms with Crippen molar-refractivity contribution in [1.82, 2.24) is 4.98 Å². The second-order valence-electron chi connectivity index (χ2n) is 5.06. The highest BCUT2D eigenvalue weighted by atomic mass is 32.2. The van der Waals surface area contributed by atoms with Gasteiger partial charge in [0.1, 0.15) is 5.75 Å². The van der Waals surface area contributed by atoms with E-state index in [0.29, 0.717) is 5.13 Å². The van der Waals surface area contributed by atoms with Gasteiger partial charge in [0.25, 0.3) is 0 Å². The number of nitrogens with one attached hydrogen (secondary N) is 1. The number of anilines is 1. The monoisotopic (exact) mass is 346 g/mol. The van der Waals surface area contributed by atoms with Crippen LogP contribution in [0.1, 0.15) is 5.56 Å². The first kappa shape index (κ1) is 15.6. The van der Waals surface area contributed by atoms with Crippen LogP contribution in [0.15, 0.2) is 53.4 Å². The fourth-order valence-corrected chi connectivity index (χ4v) is 4.29. The van der Waals surface area contributed by atoms with Gasteiger partial charge >= 0.3 is 0 Å². The number of benzene rings is 2. The Balaban J connectivity index is 1.77. The number of hydrogen-bond donors (Lipinski definition) is 1. The first-order valence-electron chi connectivity index (χ1n) is 6.89. The van der Waals surface area contributed by atoms with Crippen LogP contribution < -0.4 is 5.32 Å². The molecular formula is C16H14N2O3S2. The van der Waals surface area contributed by atoms with Crippen molar-refractivity contribution in [3.05, 3.63) is 54.1 Å². The molecule has 0 radical (unpaired) electrons. The summed E-state index contributed by atoms with van der Waals surface area (Å²) in [6, 6.07) is 13.7. The van der Waals surface area contributed by atoms with Gasteiger partial charge in [-0.2, -0.15) is 0 Å². The Kier molecular flexibility index (Phi) is 4.14. The summed E-state index contributed by atoms with van der Waals surface area (Å²) in [5, 5.41) is 2.98. The van der Waals surface area contributed by atoms with Gasteiger partial charge in [-0.1, -0.05) is 41.7 Å². The van der Waals surface area contributed by atoms with Crippen molar-refractivity contribution in [1.29, 1.82) is 0 Å². The first-order chi connectivity index (χ1) is 11.0. The lowest BCUT2D eigenvalue weighted by molar-refractivity contribution is -0.113. The number of carbonyl (C=O) groups excluding carboxylic acids is 1. The van der Waals surface area contributed by atoms with Crippen LogP contribution in [0.5, 0.6) is 0 Å².